The first-order valence-corrected chi connectivity index (χ1v) is 6.47. The molecule has 0 amide bonds. The van der Waals surface area contributed by atoms with Crippen molar-refractivity contribution in [2.24, 2.45) is 0 Å². The Bertz CT molecular complexity index is 560. The van der Waals surface area contributed by atoms with Crippen molar-refractivity contribution in [2.45, 2.75) is 51.2 Å². The van der Waals surface area contributed by atoms with Crippen molar-refractivity contribution in [3.8, 4) is 0 Å². The maximum absolute atomic E-state index is 13.2. The summed E-state index contributed by atoms with van der Waals surface area (Å²) in [5.41, 5.74) is -1.93. The standard InChI is InChI=1S/C13H16F2N2O4/c1-8(2)20-10(18)12(6-13(14,15)7-12)21-11(19)17-5-4-16-9(17)3/h4-5,8H,6-7H2,1-3H3. The molecule has 1 fully saturated rings. The number of imidazole rings is 1. The van der Waals surface area contributed by atoms with Gasteiger partial charge in [0.15, 0.2) is 0 Å². The number of rotatable bonds is 3. The molecule has 0 radical (unpaired) electrons. The lowest BCUT2D eigenvalue weighted by atomic mass is 9.76. The van der Waals surface area contributed by atoms with Gasteiger partial charge in [-0.15, -0.1) is 0 Å². The van der Waals surface area contributed by atoms with Crippen LogP contribution in [0.2, 0.25) is 0 Å². The lowest BCUT2D eigenvalue weighted by Crippen LogP contribution is -2.60. The number of aryl methyl sites for hydroxylation is 1. The van der Waals surface area contributed by atoms with E-state index in [1.54, 1.807) is 20.8 Å². The van der Waals surface area contributed by atoms with Gasteiger partial charge < -0.3 is 9.47 Å². The molecule has 1 saturated carbocycles. The van der Waals surface area contributed by atoms with Crippen LogP contribution in [0.1, 0.15) is 32.5 Å². The third-order valence-corrected chi connectivity index (χ3v) is 3.11. The molecule has 1 aliphatic carbocycles. The minimum atomic E-state index is -3.04. The van der Waals surface area contributed by atoms with Crippen LogP contribution in [0.4, 0.5) is 13.6 Å². The van der Waals surface area contributed by atoms with E-state index in [2.05, 4.69) is 4.98 Å². The number of alkyl halides is 2. The lowest BCUT2D eigenvalue weighted by Gasteiger charge is -2.43. The van der Waals surface area contributed by atoms with Crippen LogP contribution >= 0.6 is 0 Å². The summed E-state index contributed by atoms with van der Waals surface area (Å²) in [6.45, 7) is 4.73. The average Bonchev–Trinajstić information content (AvgIpc) is 2.71. The maximum Gasteiger partial charge on any atom is 0.420 e. The number of nitrogens with zero attached hydrogens (tertiary/aromatic N) is 2. The van der Waals surface area contributed by atoms with E-state index in [-0.39, 0.29) is 0 Å². The predicted molar refractivity (Wildman–Crippen MR) is 67.0 cm³/mol. The van der Waals surface area contributed by atoms with Gasteiger partial charge in [0.2, 0.25) is 5.60 Å². The quantitative estimate of drug-likeness (QED) is 0.801. The molecule has 21 heavy (non-hydrogen) atoms. The number of esters is 1. The van der Waals surface area contributed by atoms with Gasteiger partial charge in [-0.2, -0.15) is 0 Å². The SMILES string of the molecule is Cc1nccn1C(=O)OC1(C(=O)OC(C)C)CC(F)(F)C1. The molecule has 0 bridgehead atoms. The maximum atomic E-state index is 13.2. The van der Waals surface area contributed by atoms with Crippen molar-refractivity contribution in [3.63, 3.8) is 0 Å². The Kier molecular flexibility index (Phi) is 3.73. The third kappa shape index (κ3) is 3.03. The number of carbonyl (C=O) groups excluding carboxylic acids is 2. The van der Waals surface area contributed by atoms with E-state index >= 15 is 0 Å². The zero-order valence-corrected chi connectivity index (χ0v) is 11.9. The number of halogens is 2. The van der Waals surface area contributed by atoms with Crippen LogP contribution in [0.25, 0.3) is 0 Å². The van der Waals surface area contributed by atoms with Crippen molar-refractivity contribution < 1.29 is 27.8 Å². The van der Waals surface area contributed by atoms with Gasteiger partial charge in [0.05, 0.1) is 18.9 Å². The monoisotopic (exact) mass is 302 g/mol. The van der Waals surface area contributed by atoms with Crippen LogP contribution in [0, 0.1) is 6.92 Å². The Hall–Kier alpha value is -1.99. The number of carbonyl (C=O) groups is 2. The largest absolute Gasteiger partial charge is 0.460 e. The molecule has 8 heteroatoms. The first-order chi connectivity index (χ1) is 9.65. The molecule has 6 nitrogen and oxygen atoms in total. The summed E-state index contributed by atoms with van der Waals surface area (Å²) in [7, 11) is 0. The molecule has 0 unspecified atom stereocenters. The second-order valence-corrected chi connectivity index (χ2v) is 5.37. The van der Waals surface area contributed by atoms with Crippen molar-refractivity contribution in [1.82, 2.24) is 9.55 Å². The fourth-order valence-electron chi connectivity index (χ4n) is 2.15. The highest BCUT2D eigenvalue weighted by Crippen LogP contribution is 2.49. The van der Waals surface area contributed by atoms with Crippen molar-refractivity contribution in [3.05, 3.63) is 18.2 Å². The summed E-state index contributed by atoms with van der Waals surface area (Å²) in [6.07, 6.45) is -0.463. The van der Waals surface area contributed by atoms with E-state index in [1.165, 1.54) is 12.4 Å². The van der Waals surface area contributed by atoms with E-state index in [0.29, 0.717) is 5.82 Å². The van der Waals surface area contributed by atoms with E-state index in [9.17, 15) is 18.4 Å². The number of hydrogen-bond donors (Lipinski definition) is 0. The molecule has 2 rings (SSSR count). The van der Waals surface area contributed by atoms with Crippen molar-refractivity contribution in [2.75, 3.05) is 0 Å². The summed E-state index contributed by atoms with van der Waals surface area (Å²) < 4.78 is 37.4. The van der Waals surface area contributed by atoms with Crippen molar-refractivity contribution >= 4 is 12.1 Å². The molecule has 0 aliphatic heterocycles. The first-order valence-electron chi connectivity index (χ1n) is 6.47. The van der Waals surface area contributed by atoms with Crippen LogP contribution in [-0.2, 0) is 14.3 Å². The molecule has 0 spiro atoms. The molecule has 116 valence electrons. The first kappa shape index (κ1) is 15.4. The third-order valence-electron chi connectivity index (χ3n) is 3.11. The van der Waals surface area contributed by atoms with Gasteiger partial charge in [-0.3, -0.25) is 0 Å². The molecular weight excluding hydrogens is 286 g/mol. The predicted octanol–water partition coefficient (Wildman–Crippen LogP) is 2.30. The van der Waals surface area contributed by atoms with Crippen LogP contribution in [-0.4, -0.2) is 39.2 Å². The van der Waals surface area contributed by atoms with E-state index in [4.69, 9.17) is 9.47 Å². The fraction of sp³-hybridized carbons (Fsp3) is 0.615. The van der Waals surface area contributed by atoms with Gasteiger partial charge in [-0.25, -0.2) is 27.9 Å². The Morgan fingerprint density at radius 3 is 2.43 bits per heavy atom. The minimum Gasteiger partial charge on any atom is -0.460 e. The highest BCUT2D eigenvalue weighted by Gasteiger charge is 2.65. The number of hydrogen-bond acceptors (Lipinski definition) is 5. The van der Waals surface area contributed by atoms with Gasteiger partial charge in [-0.05, 0) is 20.8 Å². The molecular formula is C13H16F2N2O4. The zero-order valence-electron chi connectivity index (χ0n) is 11.9. The Balaban J connectivity index is 2.17. The van der Waals surface area contributed by atoms with Gasteiger partial charge in [0, 0.05) is 12.4 Å². The zero-order chi connectivity index (χ0) is 15.8. The average molecular weight is 302 g/mol. The molecule has 0 atom stereocenters. The molecule has 0 N–H and O–H groups in total. The Labute approximate surface area is 120 Å². The Morgan fingerprint density at radius 1 is 1.38 bits per heavy atom. The highest BCUT2D eigenvalue weighted by atomic mass is 19.3. The highest BCUT2D eigenvalue weighted by molar-refractivity contribution is 5.85. The summed E-state index contributed by atoms with van der Waals surface area (Å²) in [5, 5.41) is 0. The van der Waals surface area contributed by atoms with Crippen molar-refractivity contribution in [1.29, 1.82) is 0 Å². The molecule has 0 aromatic carbocycles. The van der Waals surface area contributed by atoms with Gasteiger partial charge in [0.25, 0.3) is 5.92 Å². The van der Waals surface area contributed by atoms with Crippen LogP contribution < -0.4 is 0 Å². The van der Waals surface area contributed by atoms with E-state index in [1.807, 2.05) is 0 Å². The lowest BCUT2D eigenvalue weighted by molar-refractivity contribution is -0.225. The smallest absolute Gasteiger partial charge is 0.420 e. The summed E-state index contributed by atoms with van der Waals surface area (Å²) >= 11 is 0. The van der Waals surface area contributed by atoms with Gasteiger partial charge in [-0.1, -0.05) is 0 Å². The molecule has 0 saturated heterocycles. The normalized spacial score (nSPS) is 19.0. The topological polar surface area (TPSA) is 70.4 Å². The van der Waals surface area contributed by atoms with Crippen LogP contribution in [0.5, 0.6) is 0 Å². The van der Waals surface area contributed by atoms with Crippen LogP contribution in [0.3, 0.4) is 0 Å². The number of aromatic nitrogens is 2. The second kappa shape index (κ2) is 5.09. The van der Waals surface area contributed by atoms with Gasteiger partial charge >= 0.3 is 12.1 Å². The molecule has 1 aromatic heterocycles. The summed E-state index contributed by atoms with van der Waals surface area (Å²) in [6, 6.07) is 0. The molecule has 1 aliphatic rings. The van der Waals surface area contributed by atoms with E-state index < -0.39 is 42.5 Å². The van der Waals surface area contributed by atoms with Gasteiger partial charge in [0.1, 0.15) is 5.82 Å². The Morgan fingerprint density at radius 2 is 2.00 bits per heavy atom. The molecule has 1 aromatic rings. The summed E-state index contributed by atoms with van der Waals surface area (Å²) in [5.74, 6) is -3.66. The minimum absolute atomic E-state index is 0.332. The molecule has 1 heterocycles. The van der Waals surface area contributed by atoms with Crippen LogP contribution in [0.15, 0.2) is 12.4 Å². The fourth-order valence-corrected chi connectivity index (χ4v) is 2.15. The number of ether oxygens (including phenoxy) is 2. The second-order valence-electron chi connectivity index (χ2n) is 5.37. The van der Waals surface area contributed by atoms with E-state index in [0.717, 1.165) is 4.57 Å². The summed E-state index contributed by atoms with van der Waals surface area (Å²) in [4.78, 5) is 27.8.